The van der Waals surface area contributed by atoms with Crippen LogP contribution in [0, 0.1) is 0 Å². The summed E-state index contributed by atoms with van der Waals surface area (Å²) in [5, 5.41) is 0. The van der Waals surface area contributed by atoms with Crippen LogP contribution in [0.3, 0.4) is 0 Å². The Morgan fingerprint density at radius 3 is 1.96 bits per heavy atom. The van der Waals surface area contributed by atoms with E-state index in [1.165, 1.54) is 0 Å². The van der Waals surface area contributed by atoms with Gasteiger partial charge in [-0.05, 0) is 39.8 Å². The van der Waals surface area contributed by atoms with E-state index in [4.69, 9.17) is 18.9 Å². The first kappa shape index (κ1) is 18.1. The van der Waals surface area contributed by atoms with Crippen molar-refractivity contribution in [3.8, 4) is 34.1 Å². The van der Waals surface area contributed by atoms with Gasteiger partial charge in [-0.3, -0.25) is 4.79 Å². The first-order valence-electron chi connectivity index (χ1n) is 8.69. The molecule has 0 saturated heterocycles. The quantitative estimate of drug-likeness (QED) is 0.651. The lowest BCUT2D eigenvalue weighted by Crippen LogP contribution is -2.09. The Balaban J connectivity index is 2.31. The summed E-state index contributed by atoms with van der Waals surface area (Å²) in [4.78, 5) is 13.0. The molecular formula is C21H24O5. The first-order chi connectivity index (χ1) is 12.4. The van der Waals surface area contributed by atoms with E-state index in [0.29, 0.717) is 39.7 Å². The number of fused-ring (bicyclic) bond motifs is 3. The molecule has 0 spiro atoms. The summed E-state index contributed by atoms with van der Waals surface area (Å²) < 4.78 is 23.0. The normalized spacial score (nSPS) is 12.2. The molecule has 0 heterocycles. The minimum absolute atomic E-state index is 0.0166. The fourth-order valence-electron chi connectivity index (χ4n) is 3.25. The van der Waals surface area contributed by atoms with E-state index in [0.717, 1.165) is 5.56 Å². The van der Waals surface area contributed by atoms with Gasteiger partial charge in [0.1, 0.15) is 5.75 Å². The summed E-state index contributed by atoms with van der Waals surface area (Å²) in [7, 11) is 3.12. The monoisotopic (exact) mass is 356 g/mol. The van der Waals surface area contributed by atoms with Crippen LogP contribution in [0.1, 0.15) is 43.6 Å². The zero-order valence-corrected chi connectivity index (χ0v) is 16.0. The predicted octanol–water partition coefficient (Wildman–Crippen LogP) is 4.49. The van der Waals surface area contributed by atoms with E-state index in [-0.39, 0.29) is 18.0 Å². The van der Waals surface area contributed by atoms with E-state index in [9.17, 15) is 4.79 Å². The third-order valence-electron chi connectivity index (χ3n) is 4.10. The Labute approximate surface area is 153 Å². The van der Waals surface area contributed by atoms with Gasteiger partial charge in [-0.15, -0.1) is 0 Å². The summed E-state index contributed by atoms with van der Waals surface area (Å²) >= 11 is 0. The first-order valence-corrected chi connectivity index (χ1v) is 8.69. The van der Waals surface area contributed by atoms with Gasteiger partial charge in [0.15, 0.2) is 17.3 Å². The second-order valence-corrected chi connectivity index (χ2v) is 6.70. The molecule has 0 radical (unpaired) electrons. The fourth-order valence-corrected chi connectivity index (χ4v) is 3.25. The van der Waals surface area contributed by atoms with Crippen LogP contribution in [-0.4, -0.2) is 32.2 Å². The van der Waals surface area contributed by atoms with Gasteiger partial charge in [-0.1, -0.05) is 12.1 Å². The van der Waals surface area contributed by atoms with Gasteiger partial charge in [-0.2, -0.15) is 0 Å². The van der Waals surface area contributed by atoms with Crippen LogP contribution in [0.4, 0.5) is 0 Å². The average molecular weight is 356 g/mol. The van der Waals surface area contributed by atoms with E-state index in [1.807, 2.05) is 39.8 Å². The molecule has 2 aromatic rings. The van der Waals surface area contributed by atoms with Gasteiger partial charge < -0.3 is 18.9 Å². The number of ketones is 1. The fraction of sp³-hybridized carbons (Fsp3) is 0.381. The molecule has 0 unspecified atom stereocenters. The number of ether oxygens (including phenoxy) is 4. The molecule has 1 aliphatic carbocycles. The third-order valence-corrected chi connectivity index (χ3v) is 4.10. The van der Waals surface area contributed by atoms with Crippen molar-refractivity contribution in [1.82, 2.24) is 0 Å². The SMILES string of the molecule is COc1c(OC(C)C)cc2c(c1OC)-c1c(OC(C)C)cccc1C2=O. The van der Waals surface area contributed by atoms with E-state index >= 15 is 0 Å². The minimum Gasteiger partial charge on any atom is -0.492 e. The van der Waals surface area contributed by atoms with Gasteiger partial charge in [0.05, 0.1) is 26.4 Å². The highest BCUT2D eigenvalue weighted by Crippen LogP contribution is 2.54. The van der Waals surface area contributed by atoms with Crippen LogP contribution < -0.4 is 18.9 Å². The second-order valence-electron chi connectivity index (χ2n) is 6.70. The van der Waals surface area contributed by atoms with E-state index in [2.05, 4.69) is 0 Å². The number of benzene rings is 2. The number of hydrogen-bond acceptors (Lipinski definition) is 5. The van der Waals surface area contributed by atoms with Gasteiger partial charge in [0, 0.05) is 22.3 Å². The number of carbonyl (C=O) groups excluding carboxylic acids is 1. The number of methoxy groups -OCH3 is 2. The largest absolute Gasteiger partial charge is 0.492 e. The van der Waals surface area contributed by atoms with Crippen molar-refractivity contribution in [1.29, 1.82) is 0 Å². The lowest BCUT2D eigenvalue weighted by atomic mass is 10.0. The smallest absolute Gasteiger partial charge is 0.204 e. The van der Waals surface area contributed by atoms with E-state index in [1.54, 1.807) is 26.4 Å². The Morgan fingerprint density at radius 2 is 1.38 bits per heavy atom. The highest BCUT2D eigenvalue weighted by Gasteiger charge is 2.36. The van der Waals surface area contributed by atoms with E-state index < -0.39 is 0 Å². The second kappa shape index (κ2) is 6.90. The van der Waals surface area contributed by atoms with Crippen LogP contribution in [-0.2, 0) is 0 Å². The summed E-state index contributed by atoms with van der Waals surface area (Å²) in [6, 6.07) is 7.24. The maximum Gasteiger partial charge on any atom is 0.204 e. The highest BCUT2D eigenvalue weighted by molar-refractivity contribution is 6.24. The van der Waals surface area contributed by atoms with Gasteiger partial charge in [0.2, 0.25) is 5.75 Å². The zero-order chi connectivity index (χ0) is 19.0. The Bertz CT molecular complexity index is 852. The van der Waals surface area contributed by atoms with Crippen molar-refractivity contribution in [2.45, 2.75) is 39.9 Å². The molecule has 0 saturated carbocycles. The van der Waals surface area contributed by atoms with Crippen molar-refractivity contribution in [3.63, 3.8) is 0 Å². The van der Waals surface area contributed by atoms with Crippen molar-refractivity contribution in [3.05, 3.63) is 35.4 Å². The molecule has 3 rings (SSSR count). The van der Waals surface area contributed by atoms with Crippen LogP contribution in [0.15, 0.2) is 24.3 Å². The summed E-state index contributed by atoms with van der Waals surface area (Å²) in [5.41, 5.74) is 2.57. The average Bonchev–Trinajstić information content (AvgIpc) is 2.86. The van der Waals surface area contributed by atoms with Crippen LogP contribution >= 0.6 is 0 Å². The van der Waals surface area contributed by atoms with Gasteiger partial charge >= 0.3 is 0 Å². The van der Waals surface area contributed by atoms with Crippen LogP contribution in [0.2, 0.25) is 0 Å². The summed E-state index contributed by atoms with van der Waals surface area (Å²) in [5.74, 6) is 2.03. The molecule has 138 valence electrons. The lowest BCUT2D eigenvalue weighted by molar-refractivity contribution is 0.104. The maximum absolute atomic E-state index is 13.0. The van der Waals surface area contributed by atoms with Crippen molar-refractivity contribution in [2.24, 2.45) is 0 Å². The number of hydrogen-bond donors (Lipinski definition) is 0. The molecule has 26 heavy (non-hydrogen) atoms. The standard InChI is InChI=1S/C21H24O5/c1-11(2)25-15-9-7-8-13-17(15)18-14(19(13)22)10-16(26-12(3)4)20(23-5)21(18)24-6/h7-12H,1-6H3. The van der Waals surface area contributed by atoms with Crippen LogP contribution in [0.5, 0.6) is 23.0 Å². The molecule has 0 N–H and O–H groups in total. The van der Waals surface area contributed by atoms with Crippen LogP contribution in [0.25, 0.3) is 11.1 Å². The van der Waals surface area contributed by atoms with Gasteiger partial charge in [0.25, 0.3) is 0 Å². The Kier molecular flexibility index (Phi) is 4.81. The Morgan fingerprint density at radius 1 is 0.769 bits per heavy atom. The molecule has 0 aliphatic heterocycles. The molecule has 0 amide bonds. The molecule has 1 aliphatic rings. The minimum atomic E-state index is -0.0706. The maximum atomic E-state index is 13.0. The molecule has 2 aromatic carbocycles. The topological polar surface area (TPSA) is 54.0 Å². The van der Waals surface area contributed by atoms with Crippen molar-refractivity contribution < 1.29 is 23.7 Å². The zero-order valence-electron chi connectivity index (χ0n) is 16.0. The number of rotatable bonds is 6. The molecule has 0 fully saturated rings. The molecule has 5 heteroatoms. The van der Waals surface area contributed by atoms with Crippen molar-refractivity contribution in [2.75, 3.05) is 14.2 Å². The van der Waals surface area contributed by atoms with Crippen molar-refractivity contribution >= 4 is 5.78 Å². The summed E-state index contributed by atoms with van der Waals surface area (Å²) in [6.07, 6.45) is -0.0811. The Hall–Kier alpha value is -2.69. The highest BCUT2D eigenvalue weighted by atomic mass is 16.5. The molecule has 0 atom stereocenters. The lowest BCUT2D eigenvalue weighted by Gasteiger charge is -2.20. The van der Waals surface area contributed by atoms with Gasteiger partial charge in [-0.25, -0.2) is 0 Å². The number of carbonyl (C=O) groups is 1. The molecular weight excluding hydrogens is 332 g/mol. The molecule has 5 nitrogen and oxygen atoms in total. The molecule has 0 aromatic heterocycles. The molecule has 0 bridgehead atoms. The predicted molar refractivity (Wildman–Crippen MR) is 99.9 cm³/mol. The summed E-state index contributed by atoms with van der Waals surface area (Å²) in [6.45, 7) is 7.75. The third kappa shape index (κ3) is 2.87.